The molecule has 0 fully saturated rings. The minimum Gasteiger partial charge on any atom is -0.506 e. The van der Waals surface area contributed by atoms with E-state index in [0.717, 1.165) is 0 Å². The van der Waals surface area contributed by atoms with Gasteiger partial charge < -0.3 is 15.5 Å². The normalized spacial score (nSPS) is 11.5. The second kappa shape index (κ2) is 6.67. The number of phenols is 2. The van der Waals surface area contributed by atoms with Crippen molar-refractivity contribution in [2.75, 3.05) is 5.32 Å². The fraction of sp³-hybridized carbons (Fsp3) is 0.0714. The Labute approximate surface area is 148 Å². The lowest BCUT2D eigenvalue weighted by Crippen LogP contribution is -2.28. The van der Waals surface area contributed by atoms with Crippen molar-refractivity contribution in [2.45, 2.75) is 4.83 Å². The van der Waals surface area contributed by atoms with Crippen LogP contribution < -0.4 is 5.32 Å². The van der Waals surface area contributed by atoms with E-state index in [4.69, 9.17) is 5.11 Å². The number of phenolic OH excluding ortho intramolecular Hbond substituents is 2. The topological polar surface area (TPSA) is 69.6 Å². The molecule has 4 nitrogen and oxygen atoms in total. The van der Waals surface area contributed by atoms with E-state index in [1.54, 1.807) is 15.9 Å². The maximum atomic E-state index is 13.9. The summed E-state index contributed by atoms with van der Waals surface area (Å²) in [4.78, 5) is 7.08. The number of halogens is 8. The number of amides is 1. The minimum absolute atomic E-state index is 0.166. The standard InChI is InChI=1S/C14H5BrF7NO3/c15-14(21,22)13(26)23-5-1-3(4(16)2-6(5)24)7-8(17)10(19)12(25)11(20)9(7)18/h1-2,24-25H,(H,23,26). The van der Waals surface area contributed by atoms with Crippen LogP contribution in [0.4, 0.5) is 36.4 Å². The largest absolute Gasteiger partial charge is 0.506 e. The van der Waals surface area contributed by atoms with Gasteiger partial charge in [-0.1, -0.05) is 0 Å². The zero-order valence-corrected chi connectivity index (χ0v) is 13.6. The van der Waals surface area contributed by atoms with E-state index in [1.807, 2.05) is 0 Å². The van der Waals surface area contributed by atoms with Crippen molar-refractivity contribution in [3.05, 3.63) is 41.2 Å². The quantitative estimate of drug-likeness (QED) is 0.283. The van der Waals surface area contributed by atoms with Gasteiger partial charge in [0.15, 0.2) is 17.4 Å². The van der Waals surface area contributed by atoms with E-state index in [1.165, 1.54) is 5.32 Å². The maximum absolute atomic E-state index is 13.9. The summed E-state index contributed by atoms with van der Waals surface area (Å²) in [6.45, 7) is 0. The van der Waals surface area contributed by atoms with E-state index in [2.05, 4.69) is 0 Å². The number of anilines is 1. The zero-order chi connectivity index (χ0) is 20.0. The number of hydrogen-bond acceptors (Lipinski definition) is 3. The lowest BCUT2D eigenvalue weighted by Gasteiger charge is -2.14. The molecule has 2 aromatic carbocycles. The van der Waals surface area contributed by atoms with Gasteiger partial charge >= 0.3 is 10.7 Å². The van der Waals surface area contributed by atoms with E-state index >= 15 is 0 Å². The number of nitrogens with one attached hydrogen (secondary N) is 1. The first-order valence-corrected chi connectivity index (χ1v) is 7.11. The maximum Gasteiger partial charge on any atom is 0.378 e. The Morgan fingerprint density at radius 2 is 1.46 bits per heavy atom. The molecule has 0 spiro atoms. The fourth-order valence-corrected chi connectivity index (χ4v) is 2.00. The molecule has 0 bridgehead atoms. The van der Waals surface area contributed by atoms with Crippen LogP contribution in [0.3, 0.4) is 0 Å². The van der Waals surface area contributed by atoms with Gasteiger partial charge in [-0.3, -0.25) is 4.79 Å². The van der Waals surface area contributed by atoms with Gasteiger partial charge in [0, 0.05) is 27.6 Å². The lowest BCUT2D eigenvalue weighted by molar-refractivity contribution is -0.128. The second-order valence-corrected chi connectivity index (χ2v) is 5.78. The number of carbonyl (C=O) groups excluding carboxylic acids is 1. The number of alkyl halides is 3. The molecule has 0 unspecified atom stereocenters. The van der Waals surface area contributed by atoms with Gasteiger partial charge in [0.2, 0.25) is 11.6 Å². The van der Waals surface area contributed by atoms with Crippen molar-refractivity contribution in [1.82, 2.24) is 0 Å². The molecule has 2 aromatic rings. The highest BCUT2D eigenvalue weighted by molar-refractivity contribution is 9.10. The monoisotopic (exact) mass is 447 g/mol. The van der Waals surface area contributed by atoms with Gasteiger partial charge in [-0.2, -0.15) is 17.6 Å². The molecule has 0 saturated heterocycles. The predicted octanol–water partition coefficient (Wildman–Crippen LogP) is 4.39. The number of benzene rings is 2. The van der Waals surface area contributed by atoms with Crippen LogP contribution in [0.15, 0.2) is 12.1 Å². The first kappa shape index (κ1) is 19.8. The van der Waals surface area contributed by atoms with Crippen molar-refractivity contribution in [1.29, 1.82) is 0 Å². The van der Waals surface area contributed by atoms with Crippen LogP contribution in [0.1, 0.15) is 0 Å². The second-order valence-electron chi connectivity index (χ2n) is 4.78. The van der Waals surface area contributed by atoms with Gasteiger partial charge in [-0.15, -0.1) is 0 Å². The number of rotatable bonds is 3. The first-order valence-electron chi connectivity index (χ1n) is 6.32. The Kier molecular flexibility index (Phi) is 5.08. The average Bonchev–Trinajstić information content (AvgIpc) is 2.54. The molecule has 0 radical (unpaired) electrons. The molecule has 0 atom stereocenters. The molecule has 0 aliphatic carbocycles. The van der Waals surface area contributed by atoms with Gasteiger partial charge in [0.05, 0.1) is 11.3 Å². The van der Waals surface area contributed by atoms with Crippen LogP contribution in [0.2, 0.25) is 0 Å². The fourth-order valence-electron chi connectivity index (χ4n) is 1.90. The highest BCUT2D eigenvalue weighted by Crippen LogP contribution is 2.39. The third kappa shape index (κ3) is 3.41. The molecule has 0 heterocycles. The molecular weight excluding hydrogens is 443 g/mol. The Balaban J connectivity index is 2.70. The van der Waals surface area contributed by atoms with Crippen LogP contribution in [-0.2, 0) is 4.79 Å². The summed E-state index contributed by atoms with van der Waals surface area (Å²) in [5.74, 6) is -15.6. The summed E-state index contributed by atoms with van der Waals surface area (Å²) in [6.07, 6.45) is 0. The zero-order valence-electron chi connectivity index (χ0n) is 12.0. The molecule has 26 heavy (non-hydrogen) atoms. The van der Waals surface area contributed by atoms with Crippen LogP contribution in [0.25, 0.3) is 11.1 Å². The Hall–Kier alpha value is -2.50. The number of aromatic hydroxyl groups is 2. The van der Waals surface area contributed by atoms with Crippen molar-refractivity contribution in [3.63, 3.8) is 0 Å². The van der Waals surface area contributed by atoms with Gasteiger partial charge in [-0.25, -0.2) is 13.2 Å². The van der Waals surface area contributed by atoms with E-state index < -0.39 is 68.1 Å². The third-order valence-corrected chi connectivity index (χ3v) is 3.46. The van der Waals surface area contributed by atoms with E-state index in [9.17, 15) is 40.6 Å². The number of hydrogen-bond donors (Lipinski definition) is 3. The Morgan fingerprint density at radius 3 is 1.92 bits per heavy atom. The van der Waals surface area contributed by atoms with E-state index in [0.29, 0.717) is 0 Å². The predicted molar refractivity (Wildman–Crippen MR) is 77.5 cm³/mol. The highest BCUT2D eigenvalue weighted by atomic mass is 79.9. The van der Waals surface area contributed by atoms with Crippen molar-refractivity contribution in [3.8, 4) is 22.6 Å². The minimum atomic E-state index is -4.11. The molecule has 0 aromatic heterocycles. The first-order chi connectivity index (χ1) is 11.9. The van der Waals surface area contributed by atoms with Crippen LogP contribution in [-0.4, -0.2) is 21.0 Å². The van der Waals surface area contributed by atoms with Gasteiger partial charge in [0.1, 0.15) is 11.6 Å². The average molecular weight is 448 g/mol. The van der Waals surface area contributed by atoms with Crippen LogP contribution in [0, 0.1) is 29.1 Å². The summed E-state index contributed by atoms with van der Waals surface area (Å²) in [5, 5.41) is 19.8. The molecular formula is C14H5BrF7NO3. The Morgan fingerprint density at radius 1 is 0.962 bits per heavy atom. The lowest BCUT2D eigenvalue weighted by atomic mass is 10.0. The molecule has 2 rings (SSSR count). The Bertz CT molecular complexity index is 886. The molecule has 12 heteroatoms. The van der Waals surface area contributed by atoms with Gasteiger partial charge in [-0.05, 0) is 6.07 Å². The molecule has 1 amide bonds. The molecule has 3 N–H and O–H groups in total. The molecule has 0 aliphatic heterocycles. The summed E-state index contributed by atoms with van der Waals surface area (Å²) in [6, 6.07) is 0.442. The van der Waals surface area contributed by atoms with Crippen LogP contribution >= 0.6 is 15.9 Å². The molecule has 140 valence electrons. The highest BCUT2D eigenvalue weighted by Gasteiger charge is 2.36. The van der Waals surface area contributed by atoms with Crippen molar-refractivity contribution < 1.29 is 45.7 Å². The summed E-state index contributed by atoms with van der Waals surface area (Å²) in [7, 11) is 0. The van der Waals surface area contributed by atoms with Gasteiger partial charge in [0.25, 0.3) is 0 Å². The summed E-state index contributed by atoms with van der Waals surface area (Å²) >= 11 is 1.71. The van der Waals surface area contributed by atoms with Crippen molar-refractivity contribution >= 4 is 27.5 Å². The van der Waals surface area contributed by atoms with Crippen molar-refractivity contribution in [2.24, 2.45) is 0 Å². The van der Waals surface area contributed by atoms with E-state index in [-0.39, 0.29) is 12.1 Å². The smallest absolute Gasteiger partial charge is 0.378 e. The third-order valence-electron chi connectivity index (χ3n) is 3.10. The molecule has 0 aliphatic rings. The number of carbonyl (C=O) groups is 1. The summed E-state index contributed by atoms with van der Waals surface area (Å²) in [5.41, 5.74) is -3.78. The summed E-state index contributed by atoms with van der Waals surface area (Å²) < 4.78 is 94.1. The van der Waals surface area contributed by atoms with Crippen LogP contribution in [0.5, 0.6) is 11.5 Å². The molecule has 0 saturated carbocycles. The SMILES string of the molecule is O=C(Nc1cc(-c2c(F)c(F)c(O)c(F)c2F)c(F)cc1O)C(F)(F)Br.